The summed E-state index contributed by atoms with van der Waals surface area (Å²) in [7, 11) is 3.93. The Balaban J connectivity index is 1.48. The molecular formula is C22H39N5O. The first-order valence-corrected chi connectivity index (χ1v) is 11.3. The van der Waals surface area contributed by atoms with E-state index in [4.69, 9.17) is 4.74 Å². The summed E-state index contributed by atoms with van der Waals surface area (Å²) in [4.78, 5) is 6.92. The Morgan fingerprint density at radius 1 is 1.14 bits per heavy atom. The van der Waals surface area contributed by atoms with Crippen LogP contribution in [0.1, 0.15) is 69.3 Å². The maximum absolute atomic E-state index is 6.22. The zero-order chi connectivity index (χ0) is 19.9. The van der Waals surface area contributed by atoms with E-state index in [9.17, 15) is 0 Å². The fourth-order valence-electron chi connectivity index (χ4n) is 4.78. The number of nitrogens with one attached hydrogen (secondary N) is 1. The van der Waals surface area contributed by atoms with Crippen molar-refractivity contribution in [3.63, 3.8) is 0 Å². The molecule has 1 aromatic heterocycles. The molecule has 0 aromatic carbocycles. The van der Waals surface area contributed by atoms with E-state index >= 15 is 0 Å². The molecule has 0 atom stereocenters. The summed E-state index contributed by atoms with van der Waals surface area (Å²) < 4.78 is 8.26. The predicted molar refractivity (Wildman–Crippen MR) is 115 cm³/mol. The van der Waals surface area contributed by atoms with Gasteiger partial charge in [-0.3, -0.25) is 9.67 Å². The number of piperidine rings is 1. The van der Waals surface area contributed by atoms with E-state index in [1.54, 1.807) is 0 Å². The minimum atomic E-state index is 0.423. The number of hydrogen-bond donors (Lipinski definition) is 1. The van der Waals surface area contributed by atoms with Gasteiger partial charge in [0.25, 0.3) is 0 Å². The number of hydrogen-bond acceptors (Lipinski definition) is 3. The first-order chi connectivity index (χ1) is 13.7. The maximum Gasteiger partial charge on any atom is 0.193 e. The number of aliphatic imine (C=N–C) groups is 1. The molecule has 1 aromatic rings. The van der Waals surface area contributed by atoms with Gasteiger partial charge in [0.1, 0.15) is 0 Å². The third kappa shape index (κ3) is 5.07. The van der Waals surface area contributed by atoms with E-state index in [1.165, 1.54) is 42.6 Å². The smallest absolute Gasteiger partial charge is 0.193 e. The number of aryl methyl sites for hydroxylation is 2. The topological polar surface area (TPSA) is 54.7 Å². The van der Waals surface area contributed by atoms with E-state index in [-0.39, 0.29) is 0 Å². The Hall–Kier alpha value is -1.56. The third-order valence-corrected chi connectivity index (χ3v) is 6.45. The van der Waals surface area contributed by atoms with Crippen LogP contribution in [0.5, 0.6) is 0 Å². The van der Waals surface area contributed by atoms with E-state index in [1.807, 2.05) is 18.8 Å². The molecule has 0 radical (unpaired) electrons. The highest BCUT2D eigenvalue weighted by atomic mass is 16.5. The Labute approximate surface area is 170 Å². The van der Waals surface area contributed by atoms with Crippen LogP contribution in [0.25, 0.3) is 0 Å². The first kappa shape index (κ1) is 21.2. The maximum atomic E-state index is 6.22. The summed E-state index contributed by atoms with van der Waals surface area (Å²) >= 11 is 0. The zero-order valence-corrected chi connectivity index (χ0v) is 18.3. The number of guanidine groups is 1. The quantitative estimate of drug-likeness (QED) is 0.574. The number of aromatic nitrogens is 2. The molecule has 2 heterocycles. The molecule has 0 unspecified atom stereocenters. The molecule has 1 saturated heterocycles. The molecule has 0 bridgehead atoms. The highest BCUT2D eigenvalue weighted by Gasteiger charge is 2.24. The van der Waals surface area contributed by atoms with Crippen molar-refractivity contribution in [2.45, 2.75) is 77.9 Å². The molecule has 3 rings (SSSR count). The van der Waals surface area contributed by atoms with Gasteiger partial charge in [-0.05, 0) is 44.4 Å². The molecule has 6 heteroatoms. The minimum absolute atomic E-state index is 0.423. The van der Waals surface area contributed by atoms with Crippen molar-refractivity contribution in [2.24, 2.45) is 18.0 Å². The minimum Gasteiger partial charge on any atom is -0.378 e. The second-order valence-corrected chi connectivity index (χ2v) is 8.27. The van der Waals surface area contributed by atoms with Crippen molar-refractivity contribution in [1.82, 2.24) is 20.0 Å². The average Bonchev–Trinajstić information content (AvgIpc) is 3.35. The molecule has 0 amide bonds. The van der Waals surface area contributed by atoms with E-state index in [0.717, 1.165) is 63.8 Å². The van der Waals surface area contributed by atoms with E-state index in [2.05, 4.69) is 34.2 Å². The summed E-state index contributed by atoms with van der Waals surface area (Å²) in [6.07, 6.45) is 10.1. The second kappa shape index (κ2) is 10.3. The molecule has 0 spiro atoms. The summed E-state index contributed by atoms with van der Waals surface area (Å²) in [5.74, 6) is 1.81. The summed E-state index contributed by atoms with van der Waals surface area (Å²) in [5.41, 5.74) is 3.85. The van der Waals surface area contributed by atoms with Gasteiger partial charge >= 0.3 is 0 Å². The Bertz CT molecular complexity index is 640. The van der Waals surface area contributed by atoms with E-state index < -0.39 is 0 Å². The van der Waals surface area contributed by atoms with Crippen molar-refractivity contribution in [1.29, 1.82) is 0 Å². The van der Waals surface area contributed by atoms with Crippen molar-refractivity contribution in [3.8, 4) is 0 Å². The SMILES string of the molecule is CCc1nn(C)c(CC)c1CNC(=NC)N1CCC(OCC2CCCC2)CC1. The Morgan fingerprint density at radius 3 is 2.46 bits per heavy atom. The third-order valence-electron chi connectivity index (χ3n) is 6.45. The van der Waals surface area contributed by atoms with Gasteiger partial charge in [0.15, 0.2) is 5.96 Å². The molecule has 28 heavy (non-hydrogen) atoms. The largest absolute Gasteiger partial charge is 0.378 e. The van der Waals surface area contributed by atoms with Crippen LogP contribution in [-0.2, 0) is 31.2 Å². The molecule has 1 aliphatic heterocycles. The Kier molecular flexibility index (Phi) is 7.77. The second-order valence-electron chi connectivity index (χ2n) is 8.27. The summed E-state index contributed by atoms with van der Waals surface area (Å²) in [6, 6.07) is 0. The first-order valence-electron chi connectivity index (χ1n) is 11.3. The van der Waals surface area contributed by atoms with Crippen LogP contribution in [0.2, 0.25) is 0 Å². The molecule has 1 N–H and O–H groups in total. The van der Waals surface area contributed by atoms with Crippen LogP contribution in [-0.4, -0.2) is 53.5 Å². The van der Waals surface area contributed by atoms with Crippen LogP contribution in [0.3, 0.4) is 0 Å². The van der Waals surface area contributed by atoms with Crippen molar-refractivity contribution in [2.75, 3.05) is 26.7 Å². The zero-order valence-electron chi connectivity index (χ0n) is 18.3. The fraction of sp³-hybridized carbons (Fsp3) is 0.818. The normalized spacial score (nSPS) is 19.6. The van der Waals surface area contributed by atoms with Gasteiger partial charge in [0, 0.05) is 51.6 Å². The van der Waals surface area contributed by atoms with Crippen LogP contribution < -0.4 is 5.32 Å². The van der Waals surface area contributed by atoms with E-state index in [0.29, 0.717) is 6.10 Å². The average molecular weight is 390 g/mol. The molecule has 6 nitrogen and oxygen atoms in total. The monoisotopic (exact) mass is 389 g/mol. The van der Waals surface area contributed by atoms with Crippen LogP contribution in [0.15, 0.2) is 4.99 Å². The van der Waals surface area contributed by atoms with Gasteiger partial charge in [-0.1, -0.05) is 26.7 Å². The van der Waals surface area contributed by atoms with Gasteiger partial charge in [-0.25, -0.2) is 0 Å². The fourth-order valence-corrected chi connectivity index (χ4v) is 4.78. The molecule has 2 fully saturated rings. The van der Waals surface area contributed by atoms with Crippen LogP contribution >= 0.6 is 0 Å². The number of ether oxygens (including phenoxy) is 1. The summed E-state index contributed by atoms with van der Waals surface area (Å²) in [5, 5.41) is 8.28. The summed E-state index contributed by atoms with van der Waals surface area (Å²) in [6.45, 7) is 8.18. The van der Waals surface area contributed by atoms with Gasteiger partial charge < -0.3 is 15.0 Å². The highest BCUT2D eigenvalue weighted by molar-refractivity contribution is 5.80. The lowest BCUT2D eigenvalue weighted by Gasteiger charge is -2.34. The molecule has 1 saturated carbocycles. The van der Waals surface area contributed by atoms with Crippen molar-refractivity contribution < 1.29 is 4.74 Å². The molecular weight excluding hydrogens is 350 g/mol. The van der Waals surface area contributed by atoms with Crippen LogP contribution in [0, 0.1) is 5.92 Å². The van der Waals surface area contributed by atoms with Gasteiger partial charge in [-0.2, -0.15) is 5.10 Å². The molecule has 1 aliphatic carbocycles. The van der Waals surface area contributed by atoms with Gasteiger partial charge in [0.2, 0.25) is 0 Å². The number of nitrogens with zero attached hydrogens (tertiary/aromatic N) is 4. The Morgan fingerprint density at radius 2 is 1.86 bits per heavy atom. The van der Waals surface area contributed by atoms with Crippen molar-refractivity contribution >= 4 is 5.96 Å². The lowest BCUT2D eigenvalue weighted by Crippen LogP contribution is -2.47. The predicted octanol–water partition coefficient (Wildman–Crippen LogP) is 3.29. The molecule has 2 aliphatic rings. The number of rotatable bonds is 7. The standard InChI is InChI=1S/C22H39N5O/c1-5-20-19(21(6-2)26(4)25-20)15-24-22(23-3)27-13-11-18(12-14-27)28-16-17-9-7-8-10-17/h17-18H,5-16H2,1-4H3,(H,23,24). The number of likely N-dealkylation sites (tertiary alicyclic amines) is 1. The van der Waals surface area contributed by atoms with Crippen LogP contribution in [0.4, 0.5) is 0 Å². The molecule has 158 valence electrons. The van der Waals surface area contributed by atoms with Gasteiger partial charge in [-0.15, -0.1) is 0 Å². The lowest BCUT2D eigenvalue weighted by atomic mass is 10.1. The highest BCUT2D eigenvalue weighted by Crippen LogP contribution is 2.26. The van der Waals surface area contributed by atoms with Crippen molar-refractivity contribution in [3.05, 3.63) is 17.0 Å². The lowest BCUT2D eigenvalue weighted by molar-refractivity contribution is 0.00101. The van der Waals surface area contributed by atoms with Gasteiger partial charge in [0.05, 0.1) is 11.8 Å².